The number of carbonyl (C=O) groups excluding carboxylic acids is 1. The molecule has 0 spiro atoms. The summed E-state index contributed by atoms with van der Waals surface area (Å²) >= 11 is 0. The summed E-state index contributed by atoms with van der Waals surface area (Å²) in [5.74, 6) is -3.56. The lowest BCUT2D eigenvalue weighted by Crippen LogP contribution is -2.66. The molecular formula is C34H35N3O5. The second kappa shape index (κ2) is 12.9. The standard InChI is InChI=1S/C34H35N3O5/c38-31(39)29(16-15-24-9-3-1-4-10-24)23-37(22-25-11-5-2-6-12-25)33(42)36-34(32(40)41)30(19-20-35-34)28-18-17-26-13-7-8-14-27(26)21-28/h1-14,17-18,21,29-30,35H,15-16,19-20,22-23H2,(H,36,42)(H,38,39)(H,40,41)/t29-,30-,34-/m0/s1. The largest absolute Gasteiger partial charge is 0.481 e. The molecule has 0 aliphatic carbocycles. The van der Waals surface area contributed by atoms with Gasteiger partial charge >= 0.3 is 18.0 Å². The highest BCUT2D eigenvalue weighted by Crippen LogP contribution is 2.36. The van der Waals surface area contributed by atoms with Crippen LogP contribution in [-0.2, 0) is 22.6 Å². The summed E-state index contributed by atoms with van der Waals surface area (Å²) in [6, 6.07) is 32.0. The van der Waals surface area contributed by atoms with Crippen LogP contribution in [0.1, 0.15) is 35.4 Å². The average Bonchev–Trinajstić information content (AvgIpc) is 3.44. The van der Waals surface area contributed by atoms with E-state index in [1.54, 1.807) is 0 Å². The van der Waals surface area contributed by atoms with E-state index < -0.39 is 35.5 Å². The van der Waals surface area contributed by atoms with E-state index in [2.05, 4.69) is 10.6 Å². The van der Waals surface area contributed by atoms with E-state index in [1.807, 2.05) is 103 Å². The first kappa shape index (κ1) is 28.8. The maximum atomic E-state index is 14.0. The number of nitrogens with zero attached hydrogens (tertiary/aromatic N) is 1. The van der Waals surface area contributed by atoms with Gasteiger partial charge in [0.15, 0.2) is 5.66 Å². The maximum absolute atomic E-state index is 14.0. The summed E-state index contributed by atoms with van der Waals surface area (Å²) in [6.07, 6.45) is 1.39. The highest BCUT2D eigenvalue weighted by atomic mass is 16.4. The topological polar surface area (TPSA) is 119 Å². The van der Waals surface area contributed by atoms with Crippen molar-refractivity contribution in [2.75, 3.05) is 13.1 Å². The van der Waals surface area contributed by atoms with E-state index in [-0.39, 0.29) is 13.1 Å². The van der Waals surface area contributed by atoms with Crippen LogP contribution in [0.2, 0.25) is 0 Å². The molecule has 1 heterocycles. The van der Waals surface area contributed by atoms with Crippen molar-refractivity contribution in [1.82, 2.24) is 15.5 Å². The van der Waals surface area contributed by atoms with Gasteiger partial charge in [0.2, 0.25) is 0 Å². The number of urea groups is 1. The Morgan fingerprint density at radius 2 is 1.50 bits per heavy atom. The number of carboxylic acids is 2. The molecule has 2 amide bonds. The van der Waals surface area contributed by atoms with Crippen molar-refractivity contribution in [2.45, 2.75) is 37.4 Å². The third-order valence-corrected chi connectivity index (χ3v) is 8.09. The van der Waals surface area contributed by atoms with Gasteiger partial charge in [0.25, 0.3) is 0 Å². The number of amides is 2. The van der Waals surface area contributed by atoms with E-state index in [1.165, 1.54) is 4.90 Å². The molecule has 1 saturated heterocycles. The minimum absolute atomic E-state index is 0.0702. The molecule has 0 bridgehead atoms. The minimum atomic E-state index is -1.75. The van der Waals surface area contributed by atoms with Gasteiger partial charge in [-0.2, -0.15) is 0 Å². The van der Waals surface area contributed by atoms with Crippen LogP contribution in [0.15, 0.2) is 103 Å². The Kier molecular flexibility index (Phi) is 8.83. The number of aryl methyl sites for hydroxylation is 1. The predicted octanol–water partition coefficient (Wildman–Crippen LogP) is 5.24. The van der Waals surface area contributed by atoms with Crippen molar-refractivity contribution in [2.24, 2.45) is 5.92 Å². The molecule has 0 radical (unpaired) electrons. The van der Waals surface area contributed by atoms with Crippen LogP contribution in [0.5, 0.6) is 0 Å². The Morgan fingerprint density at radius 3 is 2.17 bits per heavy atom. The van der Waals surface area contributed by atoms with E-state index in [4.69, 9.17) is 0 Å². The zero-order valence-corrected chi connectivity index (χ0v) is 23.3. The summed E-state index contributed by atoms with van der Waals surface area (Å²) in [6.45, 7) is 0.467. The molecule has 0 aromatic heterocycles. The van der Waals surface area contributed by atoms with E-state index >= 15 is 0 Å². The van der Waals surface area contributed by atoms with Crippen LogP contribution in [0, 0.1) is 5.92 Å². The molecule has 8 heteroatoms. The lowest BCUT2D eigenvalue weighted by atomic mass is 9.85. The fourth-order valence-electron chi connectivity index (χ4n) is 5.82. The van der Waals surface area contributed by atoms with Gasteiger partial charge in [-0.05, 0) is 53.3 Å². The number of carboxylic acid groups (broad SMARTS) is 2. The summed E-state index contributed by atoms with van der Waals surface area (Å²) in [5, 5.41) is 28.5. The van der Waals surface area contributed by atoms with E-state index in [9.17, 15) is 24.6 Å². The third-order valence-electron chi connectivity index (χ3n) is 8.09. The minimum Gasteiger partial charge on any atom is -0.481 e. The fourth-order valence-corrected chi connectivity index (χ4v) is 5.82. The van der Waals surface area contributed by atoms with E-state index in [0.717, 1.165) is 27.5 Å². The summed E-state index contributed by atoms with van der Waals surface area (Å²) in [5.41, 5.74) is 0.884. The SMILES string of the molecule is O=C(O)[C@@H](CCc1ccccc1)CN(Cc1ccccc1)C(=O)N[C@@]1(C(=O)O)NCC[C@H]1c1ccc2ccccc2c1. The Bertz CT molecular complexity index is 1540. The normalized spacial score (nSPS) is 18.8. The van der Waals surface area contributed by atoms with Crippen molar-refractivity contribution < 1.29 is 24.6 Å². The highest BCUT2D eigenvalue weighted by molar-refractivity contribution is 5.89. The zero-order valence-electron chi connectivity index (χ0n) is 23.3. The number of aliphatic carboxylic acids is 2. The van der Waals surface area contributed by atoms with Crippen molar-refractivity contribution in [3.63, 3.8) is 0 Å². The van der Waals surface area contributed by atoms with Crippen LogP contribution in [0.25, 0.3) is 10.8 Å². The number of fused-ring (bicyclic) bond motifs is 1. The number of carbonyl (C=O) groups is 3. The van der Waals surface area contributed by atoms with Crippen LogP contribution in [-0.4, -0.2) is 51.8 Å². The Hall–Kier alpha value is -4.69. The molecule has 1 fully saturated rings. The van der Waals surface area contributed by atoms with Gasteiger partial charge in [0, 0.05) is 19.0 Å². The molecule has 4 aromatic rings. The number of nitrogens with one attached hydrogen (secondary N) is 2. The summed E-state index contributed by atoms with van der Waals surface area (Å²) in [7, 11) is 0. The predicted molar refractivity (Wildman–Crippen MR) is 161 cm³/mol. The van der Waals surface area contributed by atoms with Gasteiger partial charge in [-0.25, -0.2) is 9.59 Å². The molecule has 216 valence electrons. The summed E-state index contributed by atoms with van der Waals surface area (Å²) in [4.78, 5) is 40.6. The Labute approximate surface area is 245 Å². The highest BCUT2D eigenvalue weighted by Gasteiger charge is 2.52. The molecule has 5 rings (SSSR count). The van der Waals surface area contributed by atoms with Crippen LogP contribution < -0.4 is 10.6 Å². The second-order valence-corrected chi connectivity index (χ2v) is 10.8. The molecule has 0 saturated carbocycles. The first-order valence-electron chi connectivity index (χ1n) is 14.2. The molecule has 1 aliphatic rings. The second-order valence-electron chi connectivity index (χ2n) is 10.8. The van der Waals surface area contributed by atoms with Crippen molar-refractivity contribution in [3.05, 3.63) is 120 Å². The molecule has 8 nitrogen and oxygen atoms in total. The van der Waals surface area contributed by atoms with Crippen LogP contribution in [0.4, 0.5) is 4.79 Å². The number of benzene rings is 4. The zero-order chi connectivity index (χ0) is 29.5. The molecule has 42 heavy (non-hydrogen) atoms. The Morgan fingerprint density at radius 1 is 0.857 bits per heavy atom. The number of hydrogen-bond acceptors (Lipinski definition) is 4. The van der Waals surface area contributed by atoms with Gasteiger partial charge in [0.05, 0.1) is 5.92 Å². The molecule has 0 unspecified atom stereocenters. The maximum Gasteiger partial charge on any atom is 0.345 e. The molecule has 3 atom stereocenters. The van der Waals surface area contributed by atoms with E-state index in [0.29, 0.717) is 25.8 Å². The van der Waals surface area contributed by atoms with Crippen LogP contribution in [0.3, 0.4) is 0 Å². The summed E-state index contributed by atoms with van der Waals surface area (Å²) < 4.78 is 0. The molecule has 4 aromatic carbocycles. The van der Waals surface area contributed by atoms with Crippen molar-refractivity contribution in [3.8, 4) is 0 Å². The van der Waals surface area contributed by atoms with Gasteiger partial charge in [-0.3, -0.25) is 10.1 Å². The smallest absolute Gasteiger partial charge is 0.345 e. The average molecular weight is 566 g/mol. The van der Waals surface area contributed by atoms with Gasteiger partial charge in [0.1, 0.15) is 0 Å². The van der Waals surface area contributed by atoms with Gasteiger partial charge < -0.3 is 20.4 Å². The lowest BCUT2D eigenvalue weighted by molar-refractivity contribution is -0.146. The first-order chi connectivity index (χ1) is 20.4. The van der Waals surface area contributed by atoms with Crippen molar-refractivity contribution >= 4 is 28.7 Å². The number of hydrogen-bond donors (Lipinski definition) is 4. The lowest BCUT2D eigenvalue weighted by Gasteiger charge is -2.36. The number of rotatable bonds is 11. The monoisotopic (exact) mass is 565 g/mol. The van der Waals surface area contributed by atoms with Crippen molar-refractivity contribution in [1.29, 1.82) is 0 Å². The molecule has 1 aliphatic heterocycles. The third kappa shape index (κ3) is 6.44. The van der Waals surface area contributed by atoms with Gasteiger partial charge in [-0.1, -0.05) is 103 Å². The molecule has 4 N–H and O–H groups in total. The van der Waals surface area contributed by atoms with Gasteiger partial charge in [-0.15, -0.1) is 0 Å². The van der Waals surface area contributed by atoms with Crippen LogP contribution >= 0.6 is 0 Å². The Balaban J connectivity index is 1.41. The quantitative estimate of drug-likeness (QED) is 0.197. The fraction of sp³-hybridized carbons (Fsp3) is 0.265. The molecular weight excluding hydrogens is 530 g/mol. The first-order valence-corrected chi connectivity index (χ1v) is 14.2.